The Hall–Kier alpha value is -1.16. The van der Waals surface area contributed by atoms with Gasteiger partial charge in [-0.15, -0.1) is 0 Å². The molecule has 66 valence electrons. The van der Waals surface area contributed by atoms with Gasteiger partial charge in [0.25, 0.3) is 0 Å². The van der Waals surface area contributed by atoms with Gasteiger partial charge in [0.1, 0.15) is 4.60 Å². The first-order valence-corrected chi connectivity index (χ1v) is 4.58. The van der Waals surface area contributed by atoms with Crippen LogP contribution < -0.4 is 0 Å². The van der Waals surface area contributed by atoms with Gasteiger partial charge in [0.05, 0.1) is 5.52 Å². The Balaban J connectivity index is 2.96. The summed E-state index contributed by atoms with van der Waals surface area (Å²) in [5.74, 6) is 0. The zero-order chi connectivity index (χ0) is 9.42. The van der Waals surface area contributed by atoms with Crippen molar-refractivity contribution in [1.82, 2.24) is 9.55 Å². The van der Waals surface area contributed by atoms with Gasteiger partial charge in [-0.25, -0.2) is 4.98 Å². The van der Waals surface area contributed by atoms with E-state index in [0.29, 0.717) is 10.2 Å². The van der Waals surface area contributed by atoms with E-state index in [1.54, 1.807) is 12.4 Å². The molecule has 13 heavy (non-hydrogen) atoms. The second-order valence-corrected chi connectivity index (χ2v) is 3.56. The lowest BCUT2D eigenvalue weighted by Gasteiger charge is -1.95. The van der Waals surface area contributed by atoms with Crippen molar-refractivity contribution in [3.8, 4) is 0 Å². The smallest absolute Gasteiger partial charge is 0.152 e. The van der Waals surface area contributed by atoms with Crippen LogP contribution in [-0.2, 0) is 7.05 Å². The quantitative estimate of drug-likeness (QED) is 0.564. The van der Waals surface area contributed by atoms with Crippen LogP contribution in [-0.4, -0.2) is 15.8 Å². The molecular formula is C9H7BrN2O. The first-order valence-electron chi connectivity index (χ1n) is 3.78. The number of rotatable bonds is 1. The average molecular weight is 239 g/mol. The van der Waals surface area contributed by atoms with Crippen molar-refractivity contribution in [1.29, 1.82) is 0 Å². The van der Waals surface area contributed by atoms with Crippen LogP contribution in [0.5, 0.6) is 0 Å². The van der Waals surface area contributed by atoms with Gasteiger partial charge in [-0.3, -0.25) is 4.79 Å². The monoisotopic (exact) mass is 238 g/mol. The molecule has 0 bridgehead atoms. The standard InChI is InChI=1S/C9H7BrN2O/c1-12-4-6(5-13)8-7(12)2-3-11-9(8)10/h2-5H,1H3. The van der Waals surface area contributed by atoms with Crippen LogP contribution in [0.15, 0.2) is 23.1 Å². The summed E-state index contributed by atoms with van der Waals surface area (Å²) in [4.78, 5) is 14.8. The molecule has 2 aromatic rings. The third kappa shape index (κ3) is 1.18. The molecule has 2 aromatic heterocycles. The van der Waals surface area contributed by atoms with Gasteiger partial charge in [0.2, 0.25) is 0 Å². The first kappa shape index (κ1) is 8.44. The fourth-order valence-corrected chi connectivity index (χ4v) is 1.97. The molecule has 0 aliphatic rings. The topological polar surface area (TPSA) is 34.9 Å². The number of carbonyl (C=O) groups excluding carboxylic acids is 1. The second kappa shape index (κ2) is 2.96. The molecule has 0 N–H and O–H groups in total. The summed E-state index contributed by atoms with van der Waals surface area (Å²) in [6.45, 7) is 0. The summed E-state index contributed by atoms with van der Waals surface area (Å²) in [7, 11) is 1.90. The molecular weight excluding hydrogens is 232 g/mol. The summed E-state index contributed by atoms with van der Waals surface area (Å²) in [5, 5.41) is 0.875. The van der Waals surface area contributed by atoms with Crippen molar-refractivity contribution >= 4 is 33.1 Å². The molecule has 2 heterocycles. The number of pyridine rings is 1. The number of hydrogen-bond donors (Lipinski definition) is 0. The molecule has 0 aromatic carbocycles. The highest BCUT2D eigenvalue weighted by molar-refractivity contribution is 9.10. The maximum Gasteiger partial charge on any atom is 0.152 e. The Labute approximate surface area is 83.5 Å². The van der Waals surface area contributed by atoms with E-state index in [2.05, 4.69) is 20.9 Å². The van der Waals surface area contributed by atoms with Crippen LogP contribution in [0.4, 0.5) is 0 Å². The van der Waals surface area contributed by atoms with E-state index >= 15 is 0 Å². The van der Waals surface area contributed by atoms with Crippen LogP contribution in [0.25, 0.3) is 10.9 Å². The normalized spacial score (nSPS) is 10.6. The molecule has 0 amide bonds. The van der Waals surface area contributed by atoms with E-state index in [0.717, 1.165) is 17.2 Å². The number of aldehydes is 1. The summed E-state index contributed by atoms with van der Waals surface area (Å²) < 4.78 is 2.62. The minimum atomic E-state index is 0.664. The van der Waals surface area contributed by atoms with Crippen LogP contribution in [0.1, 0.15) is 10.4 Å². The van der Waals surface area contributed by atoms with Crippen LogP contribution >= 0.6 is 15.9 Å². The molecule has 0 spiro atoms. The minimum absolute atomic E-state index is 0.664. The van der Waals surface area contributed by atoms with Crippen molar-refractivity contribution < 1.29 is 4.79 Å². The van der Waals surface area contributed by atoms with Crippen molar-refractivity contribution in [3.05, 3.63) is 28.6 Å². The zero-order valence-electron chi connectivity index (χ0n) is 6.99. The fourth-order valence-electron chi connectivity index (χ4n) is 1.42. The number of hydrogen-bond acceptors (Lipinski definition) is 2. The van der Waals surface area contributed by atoms with E-state index < -0.39 is 0 Å². The molecule has 2 rings (SSSR count). The molecule has 0 aliphatic heterocycles. The fraction of sp³-hybridized carbons (Fsp3) is 0.111. The molecule has 0 saturated heterocycles. The molecule has 0 atom stereocenters. The average Bonchev–Trinajstić information content (AvgIpc) is 2.45. The molecule has 4 heteroatoms. The van der Waals surface area contributed by atoms with E-state index in [1.165, 1.54) is 0 Å². The third-order valence-electron chi connectivity index (χ3n) is 2.01. The maximum absolute atomic E-state index is 10.7. The van der Waals surface area contributed by atoms with Crippen molar-refractivity contribution in [3.63, 3.8) is 0 Å². The number of fused-ring (bicyclic) bond motifs is 1. The molecule has 0 saturated carbocycles. The third-order valence-corrected chi connectivity index (χ3v) is 2.61. The van der Waals surface area contributed by atoms with Gasteiger partial charge >= 0.3 is 0 Å². The molecule has 0 unspecified atom stereocenters. The lowest BCUT2D eigenvalue weighted by molar-refractivity contribution is 0.112. The van der Waals surface area contributed by atoms with Gasteiger partial charge in [-0.05, 0) is 22.0 Å². The Morgan fingerprint density at radius 2 is 2.38 bits per heavy atom. The highest BCUT2D eigenvalue weighted by atomic mass is 79.9. The van der Waals surface area contributed by atoms with E-state index in [9.17, 15) is 4.79 Å². The lowest BCUT2D eigenvalue weighted by atomic mass is 10.2. The molecule has 3 nitrogen and oxygen atoms in total. The highest BCUT2D eigenvalue weighted by Gasteiger charge is 2.08. The Morgan fingerprint density at radius 3 is 3.08 bits per heavy atom. The predicted molar refractivity (Wildman–Crippen MR) is 53.8 cm³/mol. The largest absolute Gasteiger partial charge is 0.350 e. The van der Waals surface area contributed by atoms with Gasteiger partial charge in [0, 0.05) is 30.4 Å². The van der Waals surface area contributed by atoms with Crippen molar-refractivity contribution in [2.24, 2.45) is 7.05 Å². The SMILES string of the molecule is Cn1cc(C=O)c2c(Br)nccc21. The number of aromatic nitrogens is 2. The van der Waals surface area contributed by atoms with Gasteiger partial charge in [-0.2, -0.15) is 0 Å². The molecule has 0 radical (unpaired) electrons. The summed E-state index contributed by atoms with van der Waals surface area (Å²) >= 11 is 3.32. The maximum atomic E-state index is 10.7. The van der Waals surface area contributed by atoms with Crippen LogP contribution in [0.3, 0.4) is 0 Å². The number of aryl methyl sites for hydroxylation is 1. The molecule has 0 fully saturated rings. The van der Waals surface area contributed by atoms with Gasteiger partial charge in [-0.1, -0.05) is 0 Å². The first-order chi connectivity index (χ1) is 6.24. The number of carbonyl (C=O) groups is 1. The predicted octanol–water partition coefficient (Wildman–Crippen LogP) is 2.15. The van der Waals surface area contributed by atoms with Gasteiger partial charge < -0.3 is 4.57 Å². The van der Waals surface area contributed by atoms with Gasteiger partial charge in [0.15, 0.2) is 6.29 Å². The van der Waals surface area contributed by atoms with E-state index in [1.807, 2.05) is 17.7 Å². The summed E-state index contributed by atoms with van der Waals surface area (Å²) in [6.07, 6.45) is 4.35. The molecule has 0 aliphatic carbocycles. The Bertz CT molecular complexity index is 476. The van der Waals surface area contributed by atoms with E-state index in [-0.39, 0.29) is 0 Å². The Kier molecular flexibility index (Phi) is 1.92. The minimum Gasteiger partial charge on any atom is -0.350 e. The number of nitrogens with zero attached hydrogens (tertiary/aromatic N) is 2. The van der Waals surface area contributed by atoms with Crippen LogP contribution in [0.2, 0.25) is 0 Å². The van der Waals surface area contributed by atoms with Crippen molar-refractivity contribution in [2.45, 2.75) is 0 Å². The summed E-state index contributed by atoms with van der Waals surface area (Å²) in [6, 6.07) is 1.88. The van der Waals surface area contributed by atoms with Crippen molar-refractivity contribution in [2.75, 3.05) is 0 Å². The number of halogens is 1. The zero-order valence-corrected chi connectivity index (χ0v) is 8.58. The van der Waals surface area contributed by atoms with Crippen LogP contribution in [0, 0.1) is 0 Å². The Morgan fingerprint density at radius 1 is 1.62 bits per heavy atom. The lowest BCUT2D eigenvalue weighted by Crippen LogP contribution is -1.83. The highest BCUT2D eigenvalue weighted by Crippen LogP contribution is 2.25. The summed E-state index contributed by atoms with van der Waals surface area (Å²) in [5.41, 5.74) is 1.67. The van der Waals surface area contributed by atoms with E-state index in [4.69, 9.17) is 0 Å². The second-order valence-electron chi connectivity index (χ2n) is 2.81.